The molecule has 0 aliphatic heterocycles. The summed E-state index contributed by atoms with van der Waals surface area (Å²) in [6.07, 6.45) is 9.23. The zero-order valence-electron chi connectivity index (χ0n) is 17.4. The average Bonchev–Trinajstić information content (AvgIpc) is 2.69. The van der Waals surface area contributed by atoms with Crippen molar-refractivity contribution in [3.63, 3.8) is 0 Å². The summed E-state index contributed by atoms with van der Waals surface area (Å²) < 4.78 is 0. The van der Waals surface area contributed by atoms with E-state index in [4.69, 9.17) is 4.98 Å². The van der Waals surface area contributed by atoms with Gasteiger partial charge in [-0.05, 0) is 37.7 Å². The second-order valence-electron chi connectivity index (χ2n) is 8.84. The highest BCUT2D eigenvalue weighted by atomic mass is 16.1. The third-order valence-electron chi connectivity index (χ3n) is 6.74. The molecule has 1 fully saturated rings. The van der Waals surface area contributed by atoms with E-state index in [1.54, 1.807) is 0 Å². The summed E-state index contributed by atoms with van der Waals surface area (Å²) in [6, 6.07) is 8.60. The van der Waals surface area contributed by atoms with Crippen LogP contribution in [0.3, 0.4) is 0 Å². The Morgan fingerprint density at radius 2 is 1.79 bits per heavy atom. The Hall–Kier alpha value is -1.94. The summed E-state index contributed by atoms with van der Waals surface area (Å²) in [7, 11) is 0. The van der Waals surface area contributed by atoms with E-state index in [9.17, 15) is 4.79 Å². The fourth-order valence-corrected chi connectivity index (χ4v) is 5.55. The molecule has 2 aliphatic rings. The predicted octanol–water partition coefficient (Wildman–Crippen LogP) is 3.40. The molecule has 150 valence electrons. The van der Waals surface area contributed by atoms with Crippen LogP contribution < -0.4 is 10.5 Å². The Labute approximate surface area is 168 Å². The van der Waals surface area contributed by atoms with Crippen LogP contribution in [0.5, 0.6) is 0 Å². The maximum absolute atomic E-state index is 13.4. The highest BCUT2D eigenvalue weighted by Gasteiger charge is 2.42. The highest BCUT2D eigenvalue weighted by Crippen LogP contribution is 2.48. The van der Waals surface area contributed by atoms with E-state index in [0.717, 1.165) is 68.8 Å². The topological polar surface area (TPSA) is 50.2 Å². The molecular weight excluding hydrogens is 346 g/mol. The van der Waals surface area contributed by atoms with Crippen LogP contribution in [0.15, 0.2) is 29.1 Å². The number of benzene rings is 1. The van der Waals surface area contributed by atoms with Crippen molar-refractivity contribution in [1.82, 2.24) is 9.97 Å². The average molecular weight is 381 g/mol. The van der Waals surface area contributed by atoms with Crippen molar-refractivity contribution in [3.8, 4) is 11.3 Å². The molecule has 0 bridgehead atoms. The van der Waals surface area contributed by atoms with Gasteiger partial charge in [0.25, 0.3) is 5.56 Å². The Balaban J connectivity index is 1.80. The van der Waals surface area contributed by atoms with Gasteiger partial charge in [0.2, 0.25) is 0 Å². The lowest BCUT2D eigenvalue weighted by molar-refractivity contribution is -0.914. The number of hydrogen-bond acceptors (Lipinski definition) is 2. The number of hydrogen-bond donors (Lipinski definition) is 2. The SMILES string of the molecule is CCC[NH+](CCC)Cc1nc2c(c(=O)[nH]1)C1(CCCCC1)Cc1ccccc1-2. The first-order chi connectivity index (χ1) is 13.7. The molecule has 4 rings (SSSR count). The van der Waals surface area contributed by atoms with Crippen molar-refractivity contribution < 1.29 is 4.90 Å². The third-order valence-corrected chi connectivity index (χ3v) is 6.74. The summed E-state index contributed by atoms with van der Waals surface area (Å²) in [6.45, 7) is 7.49. The van der Waals surface area contributed by atoms with Crippen LogP contribution in [0.25, 0.3) is 11.3 Å². The Kier molecular flexibility index (Phi) is 5.68. The van der Waals surface area contributed by atoms with Crippen LogP contribution in [0.2, 0.25) is 0 Å². The minimum Gasteiger partial charge on any atom is -0.329 e. The summed E-state index contributed by atoms with van der Waals surface area (Å²) in [5, 5.41) is 0. The van der Waals surface area contributed by atoms with Gasteiger partial charge in [-0.15, -0.1) is 0 Å². The van der Waals surface area contributed by atoms with Crippen LogP contribution >= 0.6 is 0 Å². The molecule has 1 aromatic heterocycles. The quantitative estimate of drug-likeness (QED) is 0.807. The van der Waals surface area contributed by atoms with Crippen LogP contribution in [-0.2, 0) is 18.4 Å². The first-order valence-corrected chi connectivity index (χ1v) is 11.2. The molecule has 1 spiro atoms. The second kappa shape index (κ2) is 8.20. The van der Waals surface area contributed by atoms with E-state index in [1.165, 1.54) is 35.3 Å². The third kappa shape index (κ3) is 3.55. The van der Waals surface area contributed by atoms with Crippen LogP contribution in [0.4, 0.5) is 0 Å². The molecule has 0 radical (unpaired) electrons. The van der Waals surface area contributed by atoms with Gasteiger partial charge in [0.1, 0.15) is 6.54 Å². The van der Waals surface area contributed by atoms with Crippen LogP contribution in [0.1, 0.15) is 75.7 Å². The molecule has 2 N–H and O–H groups in total. The van der Waals surface area contributed by atoms with Gasteiger partial charge in [-0.3, -0.25) is 4.79 Å². The summed E-state index contributed by atoms with van der Waals surface area (Å²) in [4.78, 5) is 23.2. The van der Waals surface area contributed by atoms with Crippen LogP contribution in [0, 0.1) is 0 Å². The largest absolute Gasteiger partial charge is 0.329 e. The molecule has 1 aromatic carbocycles. The van der Waals surface area contributed by atoms with Crippen molar-refractivity contribution in [2.45, 2.75) is 77.2 Å². The molecule has 4 heteroatoms. The molecule has 0 unspecified atom stereocenters. The van der Waals surface area contributed by atoms with Gasteiger partial charge in [0.05, 0.1) is 24.3 Å². The number of nitrogens with one attached hydrogen (secondary N) is 2. The van der Waals surface area contributed by atoms with Gasteiger partial charge >= 0.3 is 0 Å². The molecule has 0 saturated heterocycles. The van der Waals surface area contributed by atoms with E-state index in [0.29, 0.717) is 0 Å². The molecule has 0 atom stereocenters. The lowest BCUT2D eigenvalue weighted by Crippen LogP contribution is -3.10. The maximum Gasteiger partial charge on any atom is 0.255 e. The number of H-pyrrole nitrogens is 1. The highest BCUT2D eigenvalue weighted by molar-refractivity contribution is 5.71. The molecule has 28 heavy (non-hydrogen) atoms. The minimum absolute atomic E-state index is 0.0135. The van der Waals surface area contributed by atoms with E-state index in [2.05, 4.69) is 43.1 Å². The summed E-state index contributed by atoms with van der Waals surface area (Å²) >= 11 is 0. The van der Waals surface area contributed by atoms with Crippen molar-refractivity contribution in [3.05, 3.63) is 51.6 Å². The van der Waals surface area contributed by atoms with E-state index < -0.39 is 0 Å². The van der Waals surface area contributed by atoms with E-state index in [-0.39, 0.29) is 11.0 Å². The Morgan fingerprint density at radius 1 is 1.07 bits per heavy atom. The normalized spacial score (nSPS) is 17.5. The number of rotatable bonds is 6. The lowest BCUT2D eigenvalue weighted by atomic mass is 9.62. The van der Waals surface area contributed by atoms with E-state index >= 15 is 0 Å². The van der Waals surface area contributed by atoms with Crippen LogP contribution in [-0.4, -0.2) is 23.1 Å². The van der Waals surface area contributed by atoms with Gasteiger partial charge < -0.3 is 9.88 Å². The van der Waals surface area contributed by atoms with Gasteiger partial charge in [-0.25, -0.2) is 4.98 Å². The van der Waals surface area contributed by atoms with Gasteiger partial charge in [0.15, 0.2) is 5.82 Å². The standard InChI is InChI=1S/C24H33N3O/c1-3-14-27(15-4-2)17-20-25-22-19-11-7-6-10-18(19)16-24(12-8-5-9-13-24)21(22)23(28)26-20/h6-7,10-11H,3-5,8-9,12-17H2,1-2H3,(H,25,26,28)/p+1. The molecule has 0 amide bonds. The van der Waals surface area contributed by atoms with Crippen molar-refractivity contribution in [2.24, 2.45) is 0 Å². The van der Waals surface area contributed by atoms with Gasteiger partial charge in [-0.1, -0.05) is 57.4 Å². The number of quaternary nitrogens is 1. The first kappa shape index (κ1) is 19.4. The van der Waals surface area contributed by atoms with Gasteiger partial charge in [-0.2, -0.15) is 0 Å². The summed E-state index contributed by atoms with van der Waals surface area (Å²) in [5.41, 5.74) is 4.59. The molecular formula is C24H34N3O+. The fourth-order valence-electron chi connectivity index (χ4n) is 5.55. The number of fused-ring (bicyclic) bond motifs is 4. The molecule has 4 nitrogen and oxygen atoms in total. The van der Waals surface area contributed by atoms with Crippen molar-refractivity contribution >= 4 is 0 Å². The van der Waals surface area contributed by atoms with Gasteiger partial charge in [0, 0.05) is 11.0 Å². The monoisotopic (exact) mass is 380 g/mol. The Bertz CT molecular complexity index is 874. The maximum atomic E-state index is 13.4. The number of aromatic nitrogens is 2. The Morgan fingerprint density at radius 3 is 2.50 bits per heavy atom. The van der Waals surface area contributed by atoms with Crippen molar-refractivity contribution in [2.75, 3.05) is 13.1 Å². The molecule has 1 saturated carbocycles. The minimum atomic E-state index is -0.0135. The fraction of sp³-hybridized carbons (Fsp3) is 0.583. The zero-order chi connectivity index (χ0) is 19.6. The van der Waals surface area contributed by atoms with Crippen molar-refractivity contribution in [1.29, 1.82) is 0 Å². The summed E-state index contributed by atoms with van der Waals surface area (Å²) in [5.74, 6) is 0.850. The second-order valence-corrected chi connectivity index (χ2v) is 8.84. The predicted molar refractivity (Wildman–Crippen MR) is 114 cm³/mol. The first-order valence-electron chi connectivity index (χ1n) is 11.2. The molecule has 1 heterocycles. The molecule has 2 aliphatic carbocycles. The lowest BCUT2D eigenvalue weighted by Gasteiger charge is -2.41. The smallest absolute Gasteiger partial charge is 0.255 e. The number of nitrogens with zero attached hydrogens (tertiary/aromatic N) is 1. The van der Waals surface area contributed by atoms with E-state index in [1.807, 2.05) is 0 Å². The molecule has 2 aromatic rings. The zero-order valence-corrected chi connectivity index (χ0v) is 17.4. The number of aromatic amines is 1.